The van der Waals surface area contributed by atoms with Gasteiger partial charge >= 0.3 is 0 Å². The number of rotatable bonds is 5. The molecule has 1 heterocycles. The topological polar surface area (TPSA) is 47.0 Å². The minimum absolute atomic E-state index is 0.543. The van der Waals surface area contributed by atoms with Crippen LogP contribution < -0.4 is 10.1 Å². The molecule has 4 nitrogen and oxygen atoms in total. The Balaban J connectivity index is 1.80. The largest absolute Gasteiger partial charge is 0.438 e. The van der Waals surface area contributed by atoms with Gasteiger partial charge in [-0.25, -0.2) is 4.98 Å². The van der Waals surface area contributed by atoms with Crippen LogP contribution in [0.1, 0.15) is 30.9 Å². The lowest BCUT2D eigenvalue weighted by Gasteiger charge is -2.10. The third-order valence-electron chi connectivity index (χ3n) is 3.53. The second-order valence-corrected chi connectivity index (χ2v) is 6.01. The van der Waals surface area contributed by atoms with E-state index < -0.39 is 0 Å². The van der Waals surface area contributed by atoms with Crippen LogP contribution in [0.3, 0.4) is 0 Å². The zero-order valence-electron chi connectivity index (χ0n) is 12.0. The van der Waals surface area contributed by atoms with Crippen LogP contribution >= 0.6 is 15.9 Å². The second kappa shape index (κ2) is 6.43. The van der Waals surface area contributed by atoms with Crippen LogP contribution in [0.15, 0.2) is 28.9 Å². The number of hydrogen-bond donors (Lipinski definition) is 1. The predicted octanol–water partition coefficient (Wildman–Crippen LogP) is 4.34. The summed E-state index contributed by atoms with van der Waals surface area (Å²) in [6.07, 6.45) is 6.30. The zero-order valence-corrected chi connectivity index (χ0v) is 13.6. The number of aromatic nitrogens is 2. The van der Waals surface area contributed by atoms with E-state index in [1.165, 1.54) is 24.0 Å². The maximum absolute atomic E-state index is 5.92. The summed E-state index contributed by atoms with van der Waals surface area (Å²) in [7, 11) is 0. The first-order chi connectivity index (χ1) is 10.3. The fraction of sp³-hybridized carbons (Fsp3) is 0.375. The number of anilines is 1. The highest BCUT2D eigenvalue weighted by molar-refractivity contribution is 9.10. The molecule has 110 valence electrons. The molecule has 1 aromatic carbocycles. The van der Waals surface area contributed by atoms with Crippen LogP contribution in [-0.2, 0) is 12.8 Å². The molecular formula is C16H18BrN3O. The number of nitrogens with one attached hydrogen (secondary N) is 1. The van der Waals surface area contributed by atoms with Crippen molar-refractivity contribution in [2.75, 3.05) is 11.9 Å². The fourth-order valence-corrected chi connectivity index (χ4v) is 2.74. The number of nitrogens with zero attached hydrogens (tertiary/aromatic N) is 2. The van der Waals surface area contributed by atoms with Gasteiger partial charge in [0.05, 0.1) is 10.7 Å². The maximum Gasteiger partial charge on any atom is 0.238 e. The highest BCUT2D eigenvalue weighted by Gasteiger charge is 2.13. The molecule has 0 saturated carbocycles. The highest BCUT2D eigenvalue weighted by Crippen LogP contribution is 2.31. The van der Waals surface area contributed by atoms with E-state index in [9.17, 15) is 0 Å². The van der Waals surface area contributed by atoms with Crippen LogP contribution in [0, 0.1) is 0 Å². The zero-order chi connectivity index (χ0) is 14.7. The predicted molar refractivity (Wildman–Crippen MR) is 87.1 cm³/mol. The average molecular weight is 348 g/mol. The molecule has 0 amide bonds. The van der Waals surface area contributed by atoms with E-state index in [4.69, 9.17) is 4.74 Å². The first-order valence-corrected chi connectivity index (χ1v) is 8.11. The number of ether oxygens (including phenoxy) is 1. The van der Waals surface area contributed by atoms with Gasteiger partial charge in [0.15, 0.2) is 0 Å². The van der Waals surface area contributed by atoms with Crippen LogP contribution in [0.25, 0.3) is 0 Å². The summed E-state index contributed by atoms with van der Waals surface area (Å²) in [6, 6.07) is 6.29. The Kier molecular flexibility index (Phi) is 4.39. The minimum Gasteiger partial charge on any atom is -0.438 e. The van der Waals surface area contributed by atoms with Gasteiger partial charge in [0, 0.05) is 6.54 Å². The van der Waals surface area contributed by atoms with E-state index in [1.54, 1.807) is 6.20 Å². The van der Waals surface area contributed by atoms with Crippen LogP contribution in [0.2, 0.25) is 0 Å². The molecule has 1 N–H and O–H groups in total. The molecule has 0 spiro atoms. The molecule has 2 aromatic rings. The summed E-state index contributed by atoms with van der Waals surface area (Å²) in [5, 5.41) is 3.17. The van der Waals surface area contributed by atoms with Crippen molar-refractivity contribution >= 4 is 21.9 Å². The molecule has 0 radical (unpaired) electrons. The molecular weight excluding hydrogens is 330 g/mol. The van der Waals surface area contributed by atoms with Gasteiger partial charge in [0.2, 0.25) is 11.8 Å². The van der Waals surface area contributed by atoms with Crippen LogP contribution in [0.5, 0.6) is 11.6 Å². The normalized spacial score (nSPS) is 13.0. The van der Waals surface area contributed by atoms with Gasteiger partial charge in [-0.1, -0.05) is 13.0 Å². The molecule has 3 rings (SSSR count). The Morgan fingerprint density at radius 1 is 1.29 bits per heavy atom. The first-order valence-electron chi connectivity index (χ1n) is 7.32. The molecule has 1 aromatic heterocycles. The molecule has 21 heavy (non-hydrogen) atoms. The standard InChI is InChI=1S/C16H18BrN3O/c1-2-8-18-16-19-10-14(17)15(20-16)21-13-7-6-11-4-3-5-12(11)9-13/h6-7,9-10H,2-5,8H2,1H3,(H,18,19,20). The van der Waals surface area contributed by atoms with E-state index in [1.807, 2.05) is 6.07 Å². The van der Waals surface area contributed by atoms with E-state index >= 15 is 0 Å². The first kappa shape index (κ1) is 14.3. The van der Waals surface area contributed by atoms with Crippen LogP contribution in [-0.4, -0.2) is 16.5 Å². The van der Waals surface area contributed by atoms with Crippen molar-refractivity contribution in [3.8, 4) is 11.6 Å². The van der Waals surface area contributed by atoms with Crippen molar-refractivity contribution in [3.05, 3.63) is 40.0 Å². The number of fused-ring (bicyclic) bond motifs is 1. The number of benzene rings is 1. The third kappa shape index (κ3) is 3.35. The Morgan fingerprint density at radius 3 is 3.00 bits per heavy atom. The number of halogens is 1. The summed E-state index contributed by atoms with van der Waals surface area (Å²) in [6.45, 7) is 2.95. The smallest absolute Gasteiger partial charge is 0.238 e. The fourth-order valence-electron chi connectivity index (χ4n) is 2.47. The van der Waals surface area contributed by atoms with E-state index in [2.05, 4.69) is 50.3 Å². The van der Waals surface area contributed by atoms with Gasteiger partial charge < -0.3 is 10.1 Å². The molecule has 0 unspecified atom stereocenters. The maximum atomic E-state index is 5.92. The average Bonchev–Trinajstić information content (AvgIpc) is 2.95. The molecule has 0 aliphatic heterocycles. The summed E-state index contributed by atoms with van der Waals surface area (Å²) in [5.74, 6) is 1.97. The number of aryl methyl sites for hydroxylation is 2. The summed E-state index contributed by atoms with van der Waals surface area (Å²) >= 11 is 3.44. The van der Waals surface area contributed by atoms with Crippen molar-refractivity contribution < 1.29 is 4.74 Å². The Hall–Kier alpha value is -1.62. The lowest BCUT2D eigenvalue weighted by atomic mass is 10.1. The molecule has 0 saturated heterocycles. The second-order valence-electron chi connectivity index (χ2n) is 5.16. The Bertz CT molecular complexity index is 645. The molecule has 1 aliphatic rings. The van der Waals surface area contributed by atoms with E-state index in [-0.39, 0.29) is 0 Å². The monoisotopic (exact) mass is 347 g/mol. The van der Waals surface area contributed by atoms with Crippen molar-refractivity contribution in [1.29, 1.82) is 0 Å². The highest BCUT2D eigenvalue weighted by atomic mass is 79.9. The van der Waals surface area contributed by atoms with Gasteiger partial charge in [0.25, 0.3) is 0 Å². The lowest BCUT2D eigenvalue weighted by Crippen LogP contribution is -2.05. The summed E-state index contributed by atoms with van der Waals surface area (Å²) < 4.78 is 6.67. The van der Waals surface area contributed by atoms with Gasteiger partial charge in [-0.05, 0) is 64.9 Å². The van der Waals surface area contributed by atoms with Crippen molar-refractivity contribution in [2.45, 2.75) is 32.6 Å². The Morgan fingerprint density at radius 2 is 2.14 bits per heavy atom. The van der Waals surface area contributed by atoms with E-state index in [0.717, 1.165) is 29.6 Å². The quantitative estimate of drug-likeness (QED) is 0.873. The number of hydrogen-bond acceptors (Lipinski definition) is 4. The molecule has 1 aliphatic carbocycles. The molecule has 5 heteroatoms. The lowest BCUT2D eigenvalue weighted by molar-refractivity contribution is 0.458. The van der Waals surface area contributed by atoms with E-state index in [0.29, 0.717) is 11.8 Å². The van der Waals surface area contributed by atoms with Gasteiger partial charge in [0.1, 0.15) is 5.75 Å². The van der Waals surface area contributed by atoms with Crippen molar-refractivity contribution in [3.63, 3.8) is 0 Å². The summed E-state index contributed by atoms with van der Waals surface area (Å²) in [5.41, 5.74) is 2.83. The third-order valence-corrected chi connectivity index (χ3v) is 4.07. The van der Waals surface area contributed by atoms with Crippen molar-refractivity contribution in [2.24, 2.45) is 0 Å². The van der Waals surface area contributed by atoms with Gasteiger partial charge in [-0.15, -0.1) is 0 Å². The van der Waals surface area contributed by atoms with Gasteiger partial charge in [-0.2, -0.15) is 4.98 Å². The Labute approximate surface area is 133 Å². The summed E-state index contributed by atoms with van der Waals surface area (Å²) in [4.78, 5) is 8.63. The molecule has 0 bridgehead atoms. The SMILES string of the molecule is CCCNc1ncc(Br)c(Oc2ccc3c(c2)CCC3)n1. The van der Waals surface area contributed by atoms with Crippen molar-refractivity contribution in [1.82, 2.24) is 9.97 Å². The minimum atomic E-state index is 0.543. The van der Waals surface area contributed by atoms with Crippen LogP contribution in [0.4, 0.5) is 5.95 Å². The van der Waals surface area contributed by atoms with Gasteiger partial charge in [-0.3, -0.25) is 0 Å². The molecule has 0 atom stereocenters. The molecule has 0 fully saturated rings.